The van der Waals surface area contributed by atoms with Crippen molar-refractivity contribution in [2.75, 3.05) is 18.4 Å². The van der Waals surface area contributed by atoms with Crippen LogP contribution in [0.5, 0.6) is 5.75 Å². The lowest BCUT2D eigenvalue weighted by molar-refractivity contribution is -0.123. The maximum atomic E-state index is 12.7. The molecule has 1 aliphatic rings. The van der Waals surface area contributed by atoms with Gasteiger partial charge < -0.3 is 15.8 Å². The second kappa shape index (κ2) is 10.8. The van der Waals surface area contributed by atoms with Crippen molar-refractivity contribution in [2.24, 2.45) is 11.7 Å². The number of benzene rings is 2. The summed E-state index contributed by atoms with van der Waals surface area (Å²) in [6, 6.07) is 14.9. The van der Waals surface area contributed by atoms with Gasteiger partial charge in [-0.25, -0.2) is 4.98 Å². The monoisotopic (exact) mass is 484 g/mol. The summed E-state index contributed by atoms with van der Waals surface area (Å²) in [5.41, 5.74) is 7.59. The Morgan fingerprint density at radius 1 is 1.18 bits per heavy atom. The number of ether oxygens (including phenoxy) is 1. The van der Waals surface area contributed by atoms with Crippen molar-refractivity contribution in [1.29, 1.82) is 0 Å². The summed E-state index contributed by atoms with van der Waals surface area (Å²) in [5.74, 6) is 0.201. The van der Waals surface area contributed by atoms with Gasteiger partial charge in [-0.05, 0) is 67.9 Å². The second-order valence-corrected chi connectivity index (χ2v) is 9.36. The third-order valence-corrected chi connectivity index (χ3v) is 6.62. The van der Waals surface area contributed by atoms with E-state index >= 15 is 0 Å². The first-order valence-electron chi connectivity index (χ1n) is 10.7. The highest BCUT2D eigenvalue weighted by Crippen LogP contribution is 2.21. The van der Waals surface area contributed by atoms with E-state index in [2.05, 4.69) is 15.2 Å². The average Bonchev–Trinajstić information content (AvgIpc) is 3.29. The van der Waals surface area contributed by atoms with Gasteiger partial charge in [0.15, 0.2) is 0 Å². The Morgan fingerprint density at radius 3 is 2.67 bits per heavy atom. The molecular weight excluding hydrogens is 460 g/mol. The summed E-state index contributed by atoms with van der Waals surface area (Å²) in [5, 5.41) is 6.00. The van der Waals surface area contributed by atoms with Crippen LogP contribution in [0.25, 0.3) is 0 Å². The largest absolute Gasteiger partial charge is 0.486 e. The molecule has 3 aromatic rings. The summed E-state index contributed by atoms with van der Waals surface area (Å²) in [7, 11) is 0. The highest BCUT2D eigenvalue weighted by molar-refractivity contribution is 7.09. The molecule has 0 unspecified atom stereocenters. The topological polar surface area (TPSA) is 97.6 Å². The van der Waals surface area contributed by atoms with Gasteiger partial charge in [0.25, 0.3) is 5.91 Å². The maximum absolute atomic E-state index is 12.7. The quantitative estimate of drug-likeness (QED) is 0.496. The number of primary amides is 1. The number of piperidine rings is 1. The minimum atomic E-state index is -0.261. The van der Waals surface area contributed by atoms with Crippen LogP contribution in [0, 0.1) is 5.92 Å². The molecule has 172 valence electrons. The third-order valence-electron chi connectivity index (χ3n) is 5.54. The number of nitrogens with zero attached hydrogens (tertiary/aromatic N) is 2. The predicted octanol–water partition coefficient (Wildman–Crippen LogP) is 4.33. The number of thiazole rings is 1. The first kappa shape index (κ1) is 23.2. The van der Waals surface area contributed by atoms with E-state index in [1.54, 1.807) is 29.6 Å². The van der Waals surface area contributed by atoms with Gasteiger partial charge in [0.2, 0.25) is 5.91 Å². The highest BCUT2D eigenvalue weighted by Gasteiger charge is 2.23. The van der Waals surface area contributed by atoms with Crippen LogP contribution in [0.2, 0.25) is 5.02 Å². The van der Waals surface area contributed by atoms with E-state index in [9.17, 15) is 9.59 Å². The SMILES string of the molecule is NC(=O)C1CCN(Cc2cccc(NC(=O)c3csc(COc4ccc(Cl)cc4)n3)c2)CC1. The first-order valence-corrected chi connectivity index (χ1v) is 12.0. The molecule has 2 aromatic carbocycles. The Labute approximate surface area is 201 Å². The third kappa shape index (κ3) is 6.54. The van der Waals surface area contributed by atoms with Gasteiger partial charge in [0.05, 0.1) is 0 Å². The smallest absolute Gasteiger partial charge is 0.275 e. The number of hydrogen-bond donors (Lipinski definition) is 2. The molecule has 1 aromatic heterocycles. The summed E-state index contributed by atoms with van der Waals surface area (Å²) < 4.78 is 5.69. The van der Waals surface area contributed by atoms with Crippen LogP contribution >= 0.6 is 22.9 Å². The molecule has 0 bridgehead atoms. The minimum Gasteiger partial charge on any atom is -0.486 e. The van der Waals surface area contributed by atoms with E-state index in [-0.39, 0.29) is 24.3 Å². The number of rotatable bonds is 8. The van der Waals surface area contributed by atoms with Crippen molar-refractivity contribution in [2.45, 2.75) is 26.0 Å². The normalized spacial score (nSPS) is 14.7. The van der Waals surface area contributed by atoms with Crippen LogP contribution in [-0.4, -0.2) is 34.8 Å². The zero-order chi connectivity index (χ0) is 23.2. The second-order valence-electron chi connectivity index (χ2n) is 7.98. The molecule has 33 heavy (non-hydrogen) atoms. The van der Waals surface area contributed by atoms with Crippen molar-refractivity contribution in [3.63, 3.8) is 0 Å². The number of anilines is 1. The van der Waals surface area contributed by atoms with Crippen LogP contribution < -0.4 is 15.8 Å². The fraction of sp³-hybridized carbons (Fsp3) is 0.292. The van der Waals surface area contributed by atoms with Crippen molar-refractivity contribution in [1.82, 2.24) is 9.88 Å². The fourth-order valence-corrected chi connectivity index (χ4v) is 4.55. The molecule has 0 aliphatic carbocycles. The lowest BCUT2D eigenvalue weighted by Crippen LogP contribution is -2.38. The van der Waals surface area contributed by atoms with Gasteiger partial charge in [-0.2, -0.15) is 0 Å². The van der Waals surface area contributed by atoms with Crippen LogP contribution in [0.3, 0.4) is 0 Å². The number of carbonyl (C=O) groups is 2. The molecule has 0 spiro atoms. The Bertz CT molecular complexity index is 1110. The van der Waals surface area contributed by atoms with Gasteiger partial charge in [-0.15, -0.1) is 11.3 Å². The number of likely N-dealkylation sites (tertiary alicyclic amines) is 1. The Balaban J connectivity index is 1.30. The molecule has 1 saturated heterocycles. The van der Waals surface area contributed by atoms with E-state index in [4.69, 9.17) is 22.1 Å². The molecule has 2 heterocycles. The molecule has 9 heteroatoms. The zero-order valence-corrected chi connectivity index (χ0v) is 19.6. The van der Waals surface area contributed by atoms with Crippen LogP contribution in [0.1, 0.15) is 33.9 Å². The fourth-order valence-electron chi connectivity index (χ4n) is 3.73. The zero-order valence-electron chi connectivity index (χ0n) is 18.0. The molecule has 4 rings (SSSR count). The Kier molecular flexibility index (Phi) is 7.59. The van der Waals surface area contributed by atoms with E-state index in [0.29, 0.717) is 21.5 Å². The van der Waals surface area contributed by atoms with Crippen LogP contribution in [-0.2, 0) is 17.9 Å². The number of aromatic nitrogens is 1. The molecule has 0 radical (unpaired) electrons. The molecule has 7 nitrogen and oxygen atoms in total. The van der Waals surface area contributed by atoms with E-state index in [1.165, 1.54) is 11.3 Å². The number of hydrogen-bond acceptors (Lipinski definition) is 6. The molecule has 1 fully saturated rings. The number of nitrogens with two attached hydrogens (primary N) is 1. The molecule has 2 amide bonds. The van der Waals surface area contributed by atoms with Gasteiger partial charge in [-0.3, -0.25) is 14.5 Å². The van der Waals surface area contributed by atoms with Crippen LogP contribution in [0.4, 0.5) is 5.69 Å². The molecule has 1 aliphatic heterocycles. The molecule has 0 atom stereocenters. The average molecular weight is 485 g/mol. The number of amides is 2. The highest BCUT2D eigenvalue weighted by atomic mass is 35.5. The van der Waals surface area contributed by atoms with E-state index in [1.807, 2.05) is 24.3 Å². The predicted molar refractivity (Wildman–Crippen MR) is 129 cm³/mol. The van der Waals surface area contributed by atoms with Gasteiger partial charge in [-0.1, -0.05) is 23.7 Å². The Hall–Kier alpha value is -2.94. The maximum Gasteiger partial charge on any atom is 0.275 e. The number of nitrogens with one attached hydrogen (secondary N) is 1. The summed E-state index contributed by atoms with van der Waals surface area (Å²) in [6.07, 6.45) is 1.58. The van der Waals surface area contributed by atoms with Gasteiger partial charge in [0.1, 0.15) is 23.1 Å². The molecular formula is C24H25ClN4O3S. The van der Waals surface area contributed by atoms with Crippen molar-refractivity contribution in [3.8, 4) is 5.75 Å². The summed E-state index contributed by atoms with van der Waals surface area (Å²) in [6.45, 7) is 2.72. The van der Waals surface area contributed by atoms with Crippen molar-refractivity contribution >= 4 is 40.4 Å². The van der Waals surface area contributed by atoms with Gasteiger partial charge in [0, 0.05) is 28.6 Å². The lowest BCUT2D eigenvalue weighted by atomic mass is 9.96. The van der Waals surface area contributed by atoms with E-state index < -0.39 is 0 Å². The number of halogens is 1. The van der Waals surface area contributed by atoms with Crippen molar-refractivity contribution in [3.05, 3.63) is 75.2 Å². The summed E-state index contributed by atoms with van der Waals surface area (Å²) >= 11 is 7.26. The lowest BCUT2D eigenvalue weighted by Gasteiger charge is -2.30. The van der Waals surface area contributed by atoms with Gasteiger partial charge >= 0.3 is 0 Å². The molecule has 0 saturated carbocycles. The summed E-state index contributed by atoms with van der Waals surface area (Å²) in [4.78, 5) is 30.7. The first-order chi connectivity index (χ1) is 16.0. The van der Waals surface area contributed by atoms with Crippen LogP contribution in [0.15, 0.2) is 53.9 Å². The number of carbonyl (C=O) groups excluding carboxylic acids is 2. The Morgan fingerprint density at radius 2 is 1.94 bits per heavy atom. The van der Waals surface area contributed by atoms with E-state index in [0.717, 1.165) is 43.7 Å². The molecule has 3 N–H and O–H groups in total. The standard InChI is InChI=1S/C24H25ClN4O3S/c25-18-4-6-20(7-5-18)32-14-22-28-21(15-33-22)24(31)27-19-3-1-2-16(12-19)13-29-10-8-17(9-11-29)23(26)30/h1-7,12,15,17H,8-11,13-14H2,(H2,26,30)(H,27,31). The minimum absolute atomic E-state index is 0.0218. The van der Waals surface area contributed by atoms with Crippen molar-refractivity contribution < 1.29 is 14.3 Å².